The summed E-state index contributed by atoms with van der Waals surface area (Å²) in [5.41, 5.74) is 1.19. The Morgan fingerprint density at radius 2 is 2.14 bits per heavy atom. The summed E-state index contributed by atoms with van der Waals surface area (Å²) in [4.78, 5) is 34.5. The van der Waals surface area contributed by atoms with Crippen molar-refractivity contribution in [3.63, 3.8) is 0 Å². The number of aromatic nitrogens is 2. The summed E-state index contributed by atoms with van der Waals surface area (Å²) >= 11 is 0. The average molecular weight is 388 g/mol. The molecule has 29 heavy (non-hydrogen) atoms. The summed E-state index contributed by atoms with van der Waals surface area (Å²) in [5.74, 6) is 0.185. The Hall–Kier alpha value is -3.50. The summed E-state index contributed by atoms with van der Waals surface area (Å²) in [5, 5.41) is 9.64. The predicted octanol–water partition coefficient (Wildman–Crippen LogP) is 2.62. The van der Waals surface area contributed by atoms with E-state index >= 15 is 0 Å². The maximum absolute atomic E-state index is 13.2. The van der Waals surface area contributed by atoms with Gasteiger partial charge in [-0.2, -0.15) is 5.26 Å². The molecule has 1 N–H and O–H groups in total. The highest BCUT2D eigenvalue weighted by Crippen LogP contribution is 2.17. The summed E-state index contributed by atoms with van der Waals surface area (Å²) < 4.78 is 5.71. The molecule has 7 heteroatoms. The molecule has 7 nitrogen and oxygen atoms in total. The molecule has 4 rings (SSSR count). The minimum absolute atomic E-state index is 0.0507. The number of carbonyl (C=O) groups excluding carboxylic acids is 1. The average Bonchev–Trinajstić information content (AvgIpc) is 3.26. The molecule has 1 aliphatic heterocycles. The van der Waals surface area contributed by atoms with Crippen molar-refractivity contribution in [1.29, 1.82) is 5.26 Å². The molecule has 1 aromatic heterocycles. The number of nitrogens with one attached hydrogen (secondary N) is 1. The molecule has 1 aliphatic rings. The predicted molar refractivity (Wildman–Crippen MR) is 107 cm³/mol. The van der Waals surface area contributed by atoms with Gasteiger partial charge in [0.1, 0.15) is 5.82 Å². The number of ether oxygens (including phenoxy) is 1. The lowest BCUT2D eigenvalue weighted by Gasteiger charge is -2.25. The summed E-state index contributed by atoms with van der Waals surface area (Å²) in [7, 11) is 0. The number of rotatable bonds is 5. The van der Waals surface area contributed by atoms with E-state index in [1.807, 2.05) is 6.07 Å². The Bertz CT molecular complexity index is 1140. The number of carbonyl (C=O) groups is 1. The first-order chi connectivity index (χ1) is 14.1. The number of benzene rings is 2. The van der Waals surface area contributed by atoms with E-state index in [1.54, 1.807) is 47.4 Å². The minimum Gasteiger partial charge on any atom is -0.376 e. The first-order valence-electron chi connectivity index (χ1n) is 9.53. The third kappa shape index (κ3) is 4.18. The van der Waals surface area contributed by atoms with E-state index in [0.29, 0.717) is 41.0 Å². The number of para-hydroxylation sites is 1. The molecule has 0 aliphatic carbocycles. The first kappa shape index (κ1) is 18.8. The second-order valence-electron chi connectivity index (χ2n) is 7.04. The van der Waals surface area contributed by atoms with Crippen LogP contribution in [0.5, 0.6) is 0 Å². The van der Waals surface area contributed by atoms with Crippen LogP contribution >= 0.6 is 0 Å². The number of fused-ring (bicyclic) bond motifs is 1. The van der Waals surface area contributed by atoms with Gasteiger partial charge >= 0.3 is 0 Å². The first-order valence-corrected chi connectivity index (χ1v) is 9.53. The SMILES string of the molecule is N#Cc1cccc(C(=O)N(Cc2nc3ccccc3c(=O)[nH]2)C[C@@H]2CCCO2)c1. The Morgan fingerprint density at radius 1 is 1.28 bits per heavy atom. The maximum atomic E-state index is 13.2. The van der Waals surface area contributed by atoms with Crippen LogP contribution in [-0.4, -0.2) is 40.0 Å². The van der Waals surface area contributed by atoms with Gasteiger partial charge in [0.2, 0.25) is 0 Å². The Labute approximate surface area is 167 Å². The molecule has 2 heterocycles. The molecule has 3 aromatic rings. The number of hydrogen-bond donors (Lipinski definition) is 1. The normalized spacial score (nSPS) is 15.9. The van der Waals surface area contributed by atoms with E-state index in [4.69, 9.17) is 10.00 Å². The third-order valence-corrected chi connectivity index (χ3v) is 4.98. The summed E-state index contributed by atoms with van der Waals surface area (Å²) in [6.07, 6.45) is 1.79. The molecule has 1 fully saturated rings. The van der Waals surface area contributed by atoms with Crippen molar-refractivity contribution in [2.45, 2.75) is 25.5 Å². The molecule has 146 valence electrons. The van der Waals surface area contributed by atoms with Gasteiger partial charge in [0.05, 0.1) is 35.2 Å². The maximum Gasteiger partial charge on any atom is 0.258 e. The molecule has 0 bridgehead atoms. The monoisotopic (exact) mass is 388 g/mol. The molecule has 0 radical (unpaired) electrons. The molecule has 1 saturated heterocycles. The highest BCUT2D eigenvalue weighted by atomic mass is 16.5. The Morgan fingerprint density at radius 3 is 2.93 bits per heavy atom. The van der Waals surface area contributed by atoms with Gasteiger partial charge in [-0.25, -0.2) is 4.98 Å². The van der Waals surface area contributed by atoms with Crippen LogP contribution in [0, 0.1) is 11.3 Å². The van der Waals surface area contributed by atoms with E-state index < -0.39 is 0 Å². The fourth-order valence-electron chi connectivity index (χ4n) is 3.55. The summed E-state index contributed by atoms with van der Waals surface area (Å²) in [6, 6.07) is 15.8. The van der Waals surface area contributed by atoms with Crippen molar-refractivity contribution < 1.29 is 9.53 Å². The third-order valence-electron chi connectivity index (χ3n) is 4.98. The van der Waals surface area contributed by atoms with Crippen LogP contribution in [0.25, 0.3) is 10.9 Å². The van der Waals surface area contributed by atoms with E-state index in [2.05, 4.69) is 16.0 Å². The smallest absolute Gasteiger partial charge is 0.258 e. The molecular formula is C22H20N4O3. The molecule has 1 atom stereocenters. The van der Waals surface area contributed by atoms with Gasteiger partial charge in [-0.15, -0.1) is 0 Å². The van der Waals surface area contributed by atoms with Crippen molar-refractivity contribution in [3.05, 3.63) is 75.8 Å². The van der Waals surface area contributed by atoms with Crippen molar-refractivity contribution in [2.75, 3.05) is 13.2 Å². The zero-order chi connectivity index (χ0) is 20.2. The van der Waals surface area contributed by atoms with Crippen LogP contribution < -0.4 is 5.56 Å². The quantitative estimate of drug-likeness (QED) is 0.724. The van der Waals surface area contributed by atoms with Crippen molar-refractivity contribution in [1.82, 2.24) is 14.9 Å². The lowest BCUT2D eigenvalue weighted by molar-refractivity contribution is 0.0501. The number of nitrogens with zero attached hydrogens (tertiary/aromatic N) is 3. The molecule has 1 amide bonds. The van der Waals surface area contributed by atoms with Gasteiger partial charge < -0.3 is 14.6 Å². The lowest BCUT2D eigenvalue weighted by Crippen LogP contribution is -2.38. The molecular weight excluding hydrogens is 368 g/mol. The number of hydrogen-bond acceptors (Lipinski definition) is 5. The van der Waals surface area contributed by atoms with Crippen LogP contribution in [0.3, 0.4) is 0 Å². The van der Waals surface area contributed by atoms with E-state index in [1.165, 1.54) is 0 Å². The largest absolute Gasteiger partial charge is 0.376 e. The van der Waals surface area contributed by atoms with Gasteiger partial charge in [0.15, 0.2) is 0 Å². The fourth-order valence-corrected chi connectivity index (χ4v) is 3.55. The standard InChI is InChI=1S/C22H20N4O3/c23-12-15-5-3-6-16(11-15)22(28)26(13-17-7-4-10-29-17)14-20-24-19-9-2-1-8-18(19)21(27)25-20/h1-3,5-6,8-9,11,17H,4,7,10,13-14H2,(H,24,25,27)/t17-/m0/s1. The van der Waals surface area contributed by atoms with Gasteiger partial charge in [0.25, 0.3) is 11.5 Å². The second kappa shape index (κ2) is 8.25. The Kier molecular flexibility index (Phi) is 5.36. The number of amides is 1. The number of H-pyrrole nitrogens is 1. The highest BCUT2D eigenvalue weighted by Gasteiger charge is 2.24. The van der Waals surface area contributed by atoms with Gasteiger partial charge in [0, 0.05) is 18.7 Å². The van der Waals surface area contributed by atoms with Crippen LogP contribution in [0.15, 0.2) is 53.3 Å². The van der Waals surface area contributed by atoms with Gasteiger partial charge in [-0.1, -0.05) is 18.2 Å². The van der Waals surface area contributed by atoms with Crippen LogP contribution in [0.2, 0.25) is 0 Å². The van der Waals surface area contributed by atoms with E-state index in [9.17, 15) is 9.59 Å². The zero-order valence-electron chi connectivity index (χ0n) is 15.8. The molecule has 0 unspecified atom stereocenters. The Balaban J connectivity index is 1.66. The zero-order valence-corrected chi connectivity index (χ0v) is 15.8. The second-order valence-corrected chi connectivity index (χ2v) is 7.04. The van der Waals surface area contributed by atoms with Crippen molar-refractivity contribution >= 4 is 16.8 Å². The van der Waals surface area contributed by atoms with Crippen LogP contribution in [0.4, 0.5) is 0 Å². The molecule has 2 aromatic carbocycles. The van der Waals surface area contributed by atoms with E-state index in [0.717, 1.165) is 12.8 Å². The van der Waals surface area contributed by atoms with Crippen molar-refractivity contribution in [3.8, 4) is 6.07 Å². The lowest BCUT2D eigenvalue weighted by atomic mass is 10.1. The molecule has 0 spiro atoms. The van der Waals surface area contributed by atoms with E-state index in [-0.39, 0.29) is 24.1 Å². The topological polar surface area (TPSA) is 99.1 Å². The van der Waals surface area contributed by atoms with Gasteiger partial charge in [-0.3, -0.25) is 9.59 Å². The van der Waals surface area contributed by atoms with Crippen LogP contribution in [0.1, 0.15) is 34.6 Å². The minimum atomic E-state index is -0.235. The highest BCUT2D eigenvalue weighted by molar-refractivity contribution is 5.94. The van der Waals surface area contributed by atoms with Crippen LogP contribution in [-0.2, 0) is 11.3 Å². The van der Waals surface area contributed by atoms with Crippen molar-refractivity contribution in [2.24, 2.45) is 0 Å². The van der Waals surface area contributed by atoms with Gasteiger partial charge in [-0.05, 0) is 43.2 Å². The number of aromatic amines is 1. The number of nitriles is 1. The summed E-state index contributed by atoms with van der Waals surface area (Å²) in [6.45, 7) is 1.23. The molecule has 0 saturated carbocycles. The fraction of sp³-hybridized carbons (Fsp3) is 0.273.